The molecular formula is C8H16O4. The maximum atomic E-state index is 10.8. The minimum absolute atomic E-state index is 0.00810. The van der Waals surface area contributed by atoms with E-state index in [9.17, 15) is 9.90 Å². The Kier molecular flexibility index (Phi) is 3.24. The van der Waals surface area contributed by atoms with Crippen LogP contribution in [0.2, 0.25) is 0 Å². The molecule has 0 aliphatic heterocycles. The van der Waals surface area contributed by atoms with E-state index in [1.807, 2.05) is 0 Å². The summed E-state index contributed by atoms with van der Waals surface area (Å²) in [6.45, 7) is 4.37. The summed E-state index contributed by atoms with van der Waals surface area (Å²) in [7, 11) is 1.41. The molecule has 4 heteroatoms. The summed E-state index contributed by atoms with van der Waals surface area (Å²) in [4.78, 5) is 10.8. The average molecular weight is 176 g/mol. The summed E-state index contributed by atoms with van der Waals surface area (Å²) in [5, 5.41) is 18.4. The van der Waals surface area contributed by atoms with Gasteiger partial charge in [-0.2, -0.15) is 0 Å². The second kappa shape index (κ2) is 3.41. The molecule has 1 unspecified atom stereocenters. The molecule has 0 amide bonds. The fourth-order valence-electron chi connectivity index (χ4n) is 0.789. The molecule has 0 bridgehead atoms. The summed E-state index contributed by atoms with van der Waals surface area (Å²) in [5.41, 5.74) is -2.56. The number of rotatable bonds is 4. The van der Waals surface area contributed by atoms with Crippen molar-refractivity contribution < 1.29 is 19.7 Å². The molecule has 0 aromatic heterocycles. The molecule has 2 N–H and O–H groups in total. The Bertz CT molecular complexity index is 170. The van der Waals surface area contributed by atoms with Gasteiger partial charge in [0.05, 0.1) is 12.2 Å². The largest absolute Gasteiger partial charge is 0.481 e. The first kappa shape index (κ1) is 11.4. The number of methoxy groups -OCH3 is 1. The van der Waals surface area contributed by atoms with Gasteiger partial charge in [-0.05, 0) is 20.8 Å². The van der Waals surface area contributed by atoms with Crippen LogP contribution in [-0.2, 0) is 9.53 Å². The molecule has 0 spiro atoms. The predicted octanol–water partition coefficient (Wildman–Crippen LogP) is 0.495. The van der Waals surface area contributed by atoms with Gasteiger partial charge >= 0.3 is 5.97 Å². The molecule has 72 valence electrons. The lowest BCUT2D eigenvalue weighted by molar-refractivity contribution is -0.169. The zero-order valence-electron chi connectivity index (χ0n) is 7.92. The van der Waals surface area contributed by atoms with Gasteiger partial charge in [0.1, 0.15) is 5.41 Å². The van der Waals surface area contributed by atoms with Crippen LogP contribution < -0.4 is 0 Å². The van der Waals surface area contributed by atoms with Crippen molar-refractivity contribution in [2.75, 3.05) is 13.7 Å². The van der Waals surface area contributed by atoms with Gasteiger partial charge < -0.3 is 14.9 Å². The van der Waals surface area contributed by atoms with Crippen molar-refractivity contribution >= 4 is 5.97 Å². The summed E-state index contributed by atoms with van der Waals surface area (Å²) >= 11 is 0. The zero-order chi connectivity index (χ0) is 9.99. The maximum absolute atomic E-state index is 10.8. The quantitative estimate of drug-likeness (QED) is 0.654. The van der Waals surface area contributed by atoms with Crippen molar-refractivity contribution in [1.29, 1.82) is 0 Å². The van der Waals surface area contributed by atoms with Gasteiger partial charge in [-0.15, -0.1) is 0 Å². The Balaban J connectivity index is 4.75. The number of carboxylic acids is 1. The van der Waals surface area contributed by atoms with E-state index in [2.05, 4.69) is 0 Å². The minimum Gasteiger partial charge on any atom is -0.481 e. The van der Waals surface area contributed by atoms with Gasteiger partial charge in [0.2, 0.25) is 0 Å². The lowest BCUT2D eigenvalue weighted by Crippen LogP contribution is -2.50. The van der Waals surface area contributed by atoms with Crippen molar-refractivity contribution in [3.63, 3.8) is 0 Å². The highest BCUT2D eigenvalue weighted by Gasteiger charge is 2.46. The third kappa shape index (κ3) is 1.95. The second-order valence-electron chi connectivity index (χ2n) is 3.63. The number of hydrogen-bond donors (Lipinski definition) is 2. The molecule has 0 radical (unpaired) electrons. The van der Waals surface area contributed by atoms with E-state index >= 15 is 0 Å². The number of aliphatic carboxylic acids is 1. The van der Waals surface area contributed by atoms with Gasteiger partial charge in [-0.25, -0.2) is 0 Å². The first-order valence-corrected chi connectivity index (χ1v) is 3.70. The van der Waals surface area contributed by atoms with E-state index in [0.29, 0.717) is 0 Å². The van der Waals surface area contributed by atoms with Crippen LogP contribution in [0.4, 0.5) is 0 Å². The summed E-state index contributed by atoms with van der Waals surface area (Å²) < 4.78 is 4.75. The third-order valence-corrected chi connectivity index (χ3v) is 2.26. The fraction of sp³-hybridized carbons (Fsp3) is 0.875. The molecule has 0 aliphatic carbocycles. The highest BCUT2D eigenvalue weighted by Crippen LogP contribution is 2.31. The molecule has 0 aliphatic rings. The molecule has 0 fully saturated rings. The summed E-state index contributed by atoms with van der Waals surface area (Å²) in [6, 6.07) is 0. The maximum Gasteiger partial charge on any atom is 0.314 e. The smallest absolute Gasteiger partial charge is 0.314 e. The van der Waals surface area contributed by atoms with Crippen LogP contribution in [0.3, 0.4) is 0 Å². The van der Waals surface area contributed by atoms with Crippen LogP contribution >= 0.6 is 0 Å². The third-order valence-electron chi connectivity index (χ3n) is 2.26. The Morgan fingerprint density at radius 2 is 1.83 bits per heavy atom. The SMILES string of the molecule is COCC(C)(C(=O)O)C(C)(C)O. The van der Waals surface area contributed by atoms with Crippen molar-refractivity contribution in [1.82, 2.24) is 0 Å². The van der Waals surface area contributed by atoms with E-state index in [-0.39, 0.29) is 6.61 Å². The highest BCUT2D eigenvalue weighted by molar-refractivity contribution is 5.75. The average Bonchev–Trinajstić information content (AvgIpc) is 1.85. The Morgan fingerprint density at radius 1 is 1.42 bits per heavy atom. The second-order valence-corrected chi connectivity index (χ2v) is 3.63. The van der Waals surface area contributed by atoms with Gasteiger partial charge in [-0.1, -0.05) is 0 Å². The van der Waals surface area contributed by atoms with Crippen LogP contribution in [0, 0.1) is 5.41 Å². The van der Waals surface area contributed by atoms with Gasteiger partial charge in [0, 0.05) is 7.11 Å². The summed E-state index contributed by atoms with van der Waals surface area (Å²) in [6.07, 6.45) is 0. The molecule has 0 aromatic rings. The molecule has 0 aromatic carbocycles. The summed E-state index contributed by atoms with van der Waals surface area (Å²) in [5.74, 6) is -1.06. The van der Waals surface area contributed by atoms with Crippen molar-refractivity contribution in [3.05, 3.63) is 0 Å². The predicted molar refractivity (Wildman–Crippen MR) is 43.9 cm³/mol. The Morgan fingerprint density at radius 3 is 1.92 bits per heavy atom. The molecule has 12 heavy (non-hydrogen) atoms. The van der Waals surface area contributed by atoms with Crippen LogP contribution in [0.5, 0.6) is 0 Å². The van der Waals surface area contributed by atoms with Crippen molar-refractivity contribution in [2.24, 2.45) is 5.41 Å². The van der Waals surface area contributed by atoms with Crippen LogP contribution in [-0.4, -0.2) is 35.5 Å². The normalized spacial score (nSPS) is 17.1. The van der Waals surface area contributed by atoms with Gasteiger partial charge in [0.25, 0.3) is 0 Å². The first-order valence-electron chi connectivity index (χ1n) is 3.70. The highest BCUT2D eigenvalue weighted by atomic mass is 16.5. The van der Waals surface area contributed by atoms with Crippen LogP contribution in [0.1, 0.15) is 20.8 Å². The lowest BCUT2D eigenvalue weighted by atomic mass is 9.76. The molecule has 0 heterocycles. The molecule has 1 atom stereocenters. The Hall–Kier alpha value is -0.610. The topological polar surface area (TPSA) is 66.8 Å². The van der Waals surface area contributed by atoms with Gasteiger partial charge in [0.15, 0.2) is 0 Å². The molecule has 0 rings (SSSR count). The lowest BCUT2D eigenvalue weighted by Gasteiger charge is -2.35. The van der Waals surface area contributed by atoms with E-state index in [0.717, 1.165) is 0 Å². The number of aliphatic hydroxyl groups is 1. The van der Waals surface area contributed by atoms with Crippen LogP contribution in [0.15, 0.2) is 0 Å². The number of hydrogen-bond acceptors (Lipinski definition) is 3. The molecular weight excluding hydrogens is 160 g/mol. The number of carboxylic acid groups (broad SMARTS) is 1. The zero-order valence-corrected chi connectivity index (χ0v) is 7.92. The van der Waals surface area contributed by atoms with Crippen molar-refractivity contribution in [3.8, 4) is 0 Å². The first-order chi connectivity index (χ1) is 5.25. The van der Waals surface area contributed by atoms with E-state index in [4.69, 9.17) is 9.84 Å². The van der Waals surface area contributed by atoms with E-state index < -0.39 is 17.0 Å². The Labute approximate surface area is 72.2 Å². The standard InChI is InChI=1S/C8H16O4/c1-7(2,11)8(3,5-12-4)6(9)10/h11H,5H2,1-4H3,(H,9,10). The fourth-order valence-corrected chi connectivity index (χ4v) is 0.789. The molecule has 4 nitrogen and oxygen atoms in total. The monoisotopic (exact) mass is 176 g/mol. The van der Waals surface area contributed by atoms with E-state index in [1.54, 1.807) is 0 Å². The van der Waals surface area contributed by atoms with Gasteiger partial charge in [-0.3, -0.25) is 4.79 Å². The molecule has 0 saturated heterocycles. The van der Waals surface area contributed by atoms with Crippen molar-refractivity contribution in [2.45, 2.75) is 26.4 Å². The number of ether oxygens (including phenoxy) is 1. The molecule has 0 saturated carbocycles. The number of carbonyl (C=O) groups is 1. The van der Waals surface area contributed by atoms with Crippen LogP contribution in [0.25, 0.3) is 0 Å². The minimum atomic E-state index is -1.30. The van der Waals surface area contributed by atoms with E-state index in [1.165, 1.54) is 27.9 Å².